The Bertz CT molecular complexity index is 552. The summed E-state index contributed by atoms with van der Waals surface area (Å²) >= 11 is 0. The van der Waals surface area contributed by atoms with Crippen molar-refractivity contribution in [1.29, 1.82) is 0 Å². The van der Waals surface area contributed by atoms with Crippen molar-refractivity contribution in [2.45, 2.75) is 20.3 Å². The molecule has 0 saturated carbocycles. The zero-order chi connectivity index (χ0) is 14.2. The molecule has 0 atom stereocenters. The Kier molecular flexibility index (Phi) is 3.09. The Morgan fingerprint density at radius 2 is 2.16 bits per heavy atom. The topological polar surface area (TPSA) is 110 Å². The molecule has 6 heteroatoms. The van der Waals surface area contributed by atoms with Crippen LogP contribution < -0.4 is 22.1 Å². The summed E-state index contributed by atoms with van der Waals surface area (Å²) in [6.07, 6.45) is 0.354. The third-order valence-corrected chi connectivity index (χ3v) is 3.29. The number of hydrogen-bond donors (Lipinski definition) is 4. The van der Waals surface area contributed by atoms with Gasteiger partial charge in [0.1, 0.15) is 0 Å². The average Bonchev–Trinajstić information content (AvgIpc) is 2.65. The molecule has 6 nitrogen and oxygen atoms in total. The molecule has 19 heavy (non-hydrogen) atoms. The number of benzene rings is 1. The van der Waals surface area contributed by atoms with Crippen LogP contribution in [0.25, 0.3) is 0 Å². The summed E-state index contributed by atoms with van der Waals surface area (Å²) < 4.78 is 0. The van der Waals surface area contributed by atoms with E-state index in [9.17, 15) is 9.59 Å². The van der Waals surface area contributed by atoms with Gasteiger partial charge in [-0.3, -0.25) is 9.59 Å². The molecular weight excluding hydrogens is 244 g/mol. The van der Waals surface area contributed by atoms with Crippen LogP contribution in [0.2, 0.25) is 0 Å². The van der Waals surface area contributed by atoms with Gasteiger partial charge in [0.15, 0.2) is 0 Å². The number of carbonyl (C=O) groups excluding carboxylic acids is 2. The second-order valence-electron chi connectivity index (χ2n) is 5.42. The number of nitrogen functional groups attached to an aromatic ring is 1. The van der Waals surface area contributed by atoms with Crippen molar-refractivity contribution in [3.63, 3.8) is 0 Å². The van der Waals surface area contributed by atoms with Gasteiger partial charge in [-0.1, -0.05) is 0 Å². The van der Waals surface area contributed by atoms with Crippen LogP contribution in [-0.2, 0) is 16.0 Å². The largest absolute Gasteiger partial charge is 0.397 e. The van der Waals surface area contributed by atoms with Crippen molar-refractivity contribution in [1.82, 2.24) is 0 Å². The second kappa shape index (κ2) is 4.46. The van der Waals surface area contributed by atoms with Crippen LogP contribution in [0.15, 0.2) is 12.1 Å². The highest BCUT2D eigenvalue weighted by molar-refractivity contribution is 6.00. The fraction of sp³-hybridized carbons (Fsp3) is 0.385. The van der Waals surface area contributed by atoms with Crippen LogP contribution in [0.1, 0.15) is 19.4 Å². The summed E-state index contributed by atoms with van der Waals surface area (Å²) in [7, 11) is 0. The van der Waals surface area contributed by atoms with Gasteiger partial charge in [-0.15, -0.1) is 0 Å². The standard InChI is InChI=1S/C13H18N4O2/c1-13(2,12(15)19)6-16-10-5-9-7(3-8(10)14)4-11(18)17-9/h3,5,16H,4,6,14H2,1-2H3,(H2,15,19)(H,17,18). The Morgan fingerprint density at radius 3 is 2.79 bits per heavy atom. The van der Waals surface area contributed by atoms with Crippen molar-refractivity contribution in [3.05, 3.63) is 17.7 Å². The Morgan fingerprint density at radius 1 is 1.47 bits per heavy atom. The third kappa shape index (κ3) is 2.62. The summed E-state index contributed by atoms with van der Waals surface area (Å²) in [5.74, 6) is -0.419. The molecule has 1 aliphatic heterocycles. The van der Waals surface area contributed by atoms with Crippen LogP contribution in [0.4, 0.5) is 17.1 Å². The number of primary amides is 1. The first-order valence-electron chi connectivity index (χ1n) is 6.05. The van der Waals surface area contributed by atoms with Gasteiger partial charge < -0.3 is 22.1 Å². The minimum atomic E-state index is -0.672. The molecule has 1 aliphatic rings. The first-order chi connectivity index (χ1) is 8.79. The maximum absolute atomic E-state index is 11.3. The molecule has 1 aromatic carbocycles. The van der Waals surface area contributed by atoms with Crippen molar-refractivity contribution in [2.24, 2.45) is 11.1 Å². The van der Waals surface area contributed by atoms with Gasteiger partial charge >= 0.3 is 0 Å². The van der Waals surface area contributed by atoms with Crippen LogP contribution in [0.3, 0.4) is 0 Å². The first kappa shape index (κ1) is 13.2. The van der Waals surface area contributed by atoms with E-state index in [1.54, 1.807) is 26.0 Å². The van der Waals surface area contributed by atoms with Crippen molar-refractivity contribution < 1.29 is 9.59 Å². The number of rotatable bonds is 4. The van der Waals surface area contributed by atoms with Crippen molar-refractivity contribution in [3.8, 4) is 0 Å². The van der Waals surface area contributed by atoms with Gasteiger partial charge in [-0.25, -0.2) is 0 Å². The smallest absolute Gasteiger partial charge is 0.228 e. The van der Waals surface area contributed by atoms with E-state index in [4.69, 9.17) is 11.5 Å². The molecule has 6 N–H and O–H groups in total. The second-order valence-corrected chi connectivity index (χ2v) is 5.42. The molecule has 0 saturated heterocycles. The van der Waals surface area contributed by atoms with Crippen LogP contribution >= 0.6 is 0 Å². The normalized spacial score (nSPS) is 13.9. The maximum Gasteiger partial charge on any atom is 0.228 e. The lowest BCUT2D eigenvalue weighted by molar-refractivity contribution is -0.125. The maximum atomic E-state index is 11.3. The number of carbonyl (C=O) groups is 2. The number of nitrogens with one attached hydrogen (secondary N) is 2. The zero-order valence-corrected chi connectivity index (χ0v) is 11.0. The van der Waals surface area contributed by atoms with Gasteiger partial charge in [0, 0.05) is 12.2 Å². The lowest BCUT2D eigenvalue weighted by Gasteiger charge is -2.22. The van der Waals surface area contributed by atoms with Gasteiger partial charge in [0.25, 0.3) is 0 Å². The van der Waals surface area contributed by atoms with E-state index in [2.05, 4.69) is 10.6 Å². The minimum Gasteiger partial charge on any atom is -0.397 e. The van der Waals surface area contributed by atoms with Gasteiger partial charge in [-0.05, 0) is 31.5 Å². The summed E-state index contributed by atoms with van der Waals surface area (Å²) in [4.78, 5) is 22.5. The SMILES string of the molecule is CC(C)(CNc1cc2c(cc1N)CC(=O)N2)C(N)=O. The van der Waals surface area contributed by atoms with Gasteiger partial charge in [0.05, 0.1) is 23.2 Å². The van der Waals surface area contributed by atoms with Crippen LogP contribution in [0.5, 0.6) is 0 Å². The van der Waals surface area contributed by atoms with E-state index in [1.807, 2.05) is 0 Å². The van der Waals surface area contributed by atoms with Gasteiger partial charge in [-0.2, -0.15) is 0 Å². The Balaban J connectivity index is 2.17. The summed E-state index contributed by atoms with van der Waals surface area (Å²) in [5, 5.41) is 5.86. The highest BCUT2D eigenvalue weighted by Crippen LogP contribution is 2.32. The molecular formula is C13H18N4O2. The van der Waals surface area contributed by atoms with E-state index in [1.165, 1.54) is 0 Å². The van der Waals surface area contributed by atoms with Crippen molar-refractivity contribution in [2.75, 3.05) is 22.9 Å². The molecule has 0 aliphatic carbocycles. The first-order valence-corrected chi connectivity index (χ1v) is 6.05. The van der Waals surface area contributed by atoms with E-state index in [0.29, 0.717) is 24.3 Å². The number of fused-ring (bicyclic) bond motifs is 1. The average molecular weight is 262 g/mol. The van der Waals surface area contributed by atoms with E-state index in [0.717, 1.165) is 11.3 Å². The summed E-state index contributed by atoms with van der Waals surface area (Å²) in [6, 6.07) is 3.56. The minimum absolute atomic E-state index is 0.0379. The molecule has 0 fully saturated rings. The monoisotopic (exact) mass is 262 g/mol. The molecule has 2 rings (SSSR count). The fourth-order valence-corrected chi connectivity index (χ4v) is 1.85. The molecule has 0 spiro atoms. The summed E-state index contributed by atoms with van der Waals surface area (Å²) in [6.45, 7) is 3.89. The molecule has 102 valence electrons. The summed E-state index contributed by atoms with van der Waals surface area (Å²) in [5.41, 5.74) is 13.5. The van der Waals surface area contributed by atoms with Gasteiger partial charge in [0.2, 0.25) is 11.8 Å². The fourth-order valence-electron chi connectivity index (χ4n) is 1.85. The van der Waals surface area contributed by atoms with Crippen LogP contribution in [0, 0.1) is 5.41 Å². The Hall–Kier alpha value is -2.24. The number of nitrogens with two attached hydrogens (primary N) is 2. The lowest BCUT2D eigenvalue weighted by Crippen LogP contribution is -2.37. The Labute approximate surface area is 111 Å². The molecule has 1 aromatic rings. The van der Waals surface area contributed by atoms with E-state index < -0.39 is 5.41 Å². The number of amides is 2. The van der Waals surface area contributed by atoms with E-state index in [-0.39, 0.29) is 11.8 Å². The predicted octanol–water partition coefficient (Wildman–Crippen LogP) is 0.687. The molecule has 0 unspecified atom stereocenters. The lowest BCUT2D eigenvalue weighted by atomic mass is 9.92. The highest BCUT2D eigenvalue weighted by atomic mass is 16.2. The molecule has 0 radical (unpaired) electrons. The molecule has 0 bridgehead atoms. The quantitative estimate of drug-likeness (QED) is 0.598. The molecule has 0 aromatic heterocycles. The highest BCUT2D eigenvalue weighted by Gasteiger charge is 2.25. The molecule has 2 amide bonds. The zero-order valence-electron chi connectivity index (χ0n) is 11.0. The van der Waals surface area contributed by atoms with Crippen LogP contribution in [-0.4, -0.2) is 18.4 Å². The number of hydrogen-bond acceptors (Lipinski definition) is 4. The molecule has 1 heterocycles. The van der Waals surface area contributed by atoms with Crippen molar-refractivity contribution >= 4 is 28.9 Å². The third-order valence-electron chi connectivity index (χ3n) is 3.29. The van der Waals surface area contributed by atoms with E-state index >= 15 is 0 Å². The predicted molar refractivity (Wildman–Crippen MR) is 74.7 cm³/mol. The number of anilines is 3.